The number of rotatable bonds is 4. The smallest absolute Gasteiger partial charge is 0.124 e. The maximum Gasteiger partial charge on any atom is 0.124 e. The van der Waals surface area contributed by atoms with Crippen LogP contribution in [0.3, 0.4) is 0 Å². The van der Waals surface area contributed by atoms with Crippen LogP contribution >= 0.6 is 27.5 Å². The van der Waals surface area contributed by atoms with Crippen LogP contribution < -0.4 is 5.32 Å². The number of hydrogen-bond donors (Lipinski definition) is 1. The zero-order valence-electron chi connectivity index (χ0n) is 11.4. The van der Waals surface area contributed by atoms with E-state index < -0.39 is 0 Å². The van der Waals surface area contributed by atoms with Gasteiger partial charge in [0.2, 0.25) is 0 Å². The minimum atomic E-state index is -0.232. The molecule has 0 aliphatic rings. The lowest BCUT2D eigenvalue weighted by molar-refractivity contribution is 0.587. The normalized spacial score (nSPS) is 12.4. The first-order valence-corrected chi connectivity index (χ1v) is 7.55. The molecule has 2 aromatic rings. The molecule has 0 heterocycles. The summed E-state index contributed by atoms with van der Waals surface area (Å²) in [5.74, 6) is -0.232. The van der Waals surface area contributed by atoms with E-state index in [4.69, 9.17) is 11.6 Å². The van der Waals surface area contributed by atoms with E-state index in [9.17, 15) is 4.39 Å². The minimum Gasteiger partial charge on any atom is -0.313 e. The minimum absolute atomic E-state index is 0.160. The molecule has 0 aromatic heterocycles. The van der Waals surface area contributed by atoms with Gasteiger partial charge in [-0.1, -0.05) is 45.7 Å². The topological polar surface area (TPSA) is 12.0 Å². The maximum atomic E-state index is 13.1. The van der Waals surface area contributed by atoms with Crippen LogP contribution in [0.4, 0.5) is 4.39 Å². The Balaban J connectivity index is 2.26. The van der Waals surface area contributed by atoms with E-state index in [0.29, 0.717) is 0 Å². The third kappa shape index (κ3) is 3.60. The van der Waals surface area contributed by atoms with E-state index in [1.807, 2.05) is 32.2 Å². The van der Waals surface area contributed by atoms with Crippen LogP contribution in [0.25, 0.3) is 0 Å². The van der Waals surface area contributed by atoms with Gasteiger partial charge in [-0.3, -0.25) is 0 Å². The fourth-order valence-corrected chi connectivity index (χ4v) is 2.81. The highest BCUT2D eigenvalue weighted by atomic mass is 79.9. The van der Waals surface area contributed by atoms with Gasteiger partial charge in [0.05, 0.1) is 0 Å². The number of benzene rings is 2. The quantitative estimate of drug-likeness (QED) is 0.808. The van der Waals surface area contributed by atoms with Gasteiger partial charge in [0.15, 0.2) is 0 Å². The second-order valence-electron chi connectivity index (χ2n) is 4.79. The maximum absolute atomic E-state index is 13.1. The summed E-state index contributed by atoms with van der Waals surface area (Å²) in [4.78, 5) is 0. The van der Waals surface area contributed by atoms with Gasteiger partial charge >= 0.3 is 0 Å². The van der Waals surface area contributed by atoms with Crippen LogP contribution in [-0.2, 0) is 6.42 Å². The second kappa shape index (κ2) is 6.70. The summed E-state index contributed by atoms with van der Waals surface area (Å²) < 4.78 is 13.9. The van der Waals surface area contributed by atoms with Crippen molar-refractivity contribution in [3.63, 3.8) is 0 Å². The van der Waals surface area contributed by atoms with Crippen molar-refractivity contribution in [1.82, 2.24) is 5.32 Å². The molecule has 0 amide bonds. The first-order chi connectivity index (χ1) is 9.51. The summed E-state index contributed by atoms with van der Waals surface area (Å²) in [5, 5.41) is 4.07. The van der Waals surface area contributed by atoms with Gasteiger partial charge in [0.1, 0.15) is 5.82 Å². The monoisotopic (exact) mass is 355 g/mol. The van der Waals surface area contributed by atoms with Gasteiger partial charge in [-0.15, -0.1) is 0 Å². The van der Waals surface area contributed by atoms with E-state index in [-0.39, 0.29) is 11.9 Å². The van der Waals surface area contributed by atoms with E-state index in [0.717, 1.165) is 27.0 Å². The van der Waals surface area contributed by atoms with Crippen molar-refractivity contribution in [1.29, 1.82) is 0 Å². The van der Waals surface area contributed by atoms with Crippen LogP contribution in [0, 0.1) is 12.7 Å². The van der Waals surface area contributed by atoms with Crippen molar-refractivity contribution in [2.45, 2.75) is 19.4 Å². The van der Waals surface area contributed by atoms with Crippen LogP contribution in [-0.4, -0.2) is 7.05 Å². The molecule has 0 aliphatic heterocycles. The Morgan fingerprint density at radius 3 is 2.60 bits per heavy atom. The van der Waals surface area contributed by atoms with E-state index in [1.54, 1.807) is 0 Å². The average molecular weight is 357 g/mol. The lowest BCUT2D eigenvalue weighted by Gasteiger charge is -2.18. The SMILES string of the molecule is CNC(Cc1ccc(F)cc1Br)c1ccc(Cl)c(C)c1. The Hall–Kier alpha value is -0.900. The Morgan fingerprint density at radius 2 is 2.00 bits per heavy atom. The molecule has 1 unspecified atom stereocenters. The summed E-state index contributed by atoms with van der Waals surface area (Å²) in [6.07, 6.45) is 0.776. The zero-order valence-corrected chi connectivity index (χ0v) is 13.7. The Labute approximate surface area is 132 Å². The first-order valence-electron chi connectivity index (χ1n) is 6.38. The predicted octanol–water partition coefficient (Wildman–Crippen LogP) is 5.05. The molecule has 0 radical (unpaired) electrons. The van der Waals surface area contributed by atoms with E-state index >= 15 is 0 Å². The molecule has 0 fully saturated rings. The Bertz CT molecular complexity index is 615. The summed E-state index contributed by atoms with van der Waals surface area (Å²) in [5.41, 5.74) is 3.30. The van der Waals surface area contributed by atoms with Crippen LogP contribution in [0.5, 0.6) is 0 Å². The third-order valence-corrected chi connectivity index (χ3v) is 4.53. The largest absolute Gasteiger partial charge is 0.313 e. The molecular weight excluding hydrogens is 341 g/mol. The molecule has 0 saturated heterocycles. The molecule has 4 heteroatoms. The van der Waals surface area contributed by atoms with Crippen LogP contribution in [0.15, 0.2) is 40.9 Å². The lowest BCUT2D eigenvalue weighted by Crippen LogP contribution is -2.19. The van der Waals surface area contributed by atoms with Crippen LogP contribution in [0.1, 0.15) is 22.7 Å². The molecule has 0 aliphatic carbocycles. The van der Waals surface area contributed by atoms with Gasteiger partial charge in [0.25, 0.3) is 0 Å². The number of likely N-dealkylation sites (N-methyl/N-ethyl adjacent to an activating group) is 1. The Morgan fingerprint density at radius 1 is 1.25 bits per heavy atom. The Kier molecular flexibility index (Phi) is 5.19. The number of hydrogen-bond acceptors (Lipinski definition) is 1. The number of aryl methyl sites for hydroxylation is 1. The van der Waals surface area contributed by atoms with Crippen molar-refractivity contribution >= 4 is 27.5 Å². The average Bonchev–Trinajstić information content (AvgIpc) is 2.41. The van der Waals surface area contributed by atoms with E-state index in [1.165, 1.54) is 17.7 Å². The predicted molar refractivity (Wildman–Crippen MR) is 85.8 cm³/mol. The highest BCUT2D eigenvalue weighted by molar-refractivity contribution is 9.10. The molecule has 2 rings (SSSR count). The van der Waals surface area contributed by atoms with Gasteiger partial charge < -0.3 is 5.32 Å². The molecule has 0 spiro atoms. The van der Waals surface area contributed by atoms with Crippen molar-refractivity contribution in [3.05, 3.63) is 68.4 Å². The molecule has 1 N–H and O–H groups in total. The second-order valence-corrected chi connectivity index (χ2v) is 6.05. The summed E-state index contributed by atoms with van der Waals surface area (Å²) in [7, 11) is 1.92. The molecule has 0 bridgehead atoms. The van der Waals surface area contributed by atoms with Crippen molar-refractivity contribution < 1.29 is 4.39 Å². The third-order valence-electron chi connectivity index (χ3n) is 3.37. The summed E-state index contributed by atoms with van der Waals surface area (Å²) >= 11 is 9.48. The fraction of sp³-hybridized carbons (Fsp3) is 0.250. The molecular formula is C16H16BrClFN. The number of halogens is 3. The fourth-order valence-electron chi connectivity index (χ4n) is 2.18. The van der Waals surface area contributed by atoms with Gasteiger partial charge in [-0.25, -0.2) is 4.39 Å². The molecule has 1 atom stereocenters. The van der Waals surface area contributed by atoms with Crippen molar-refractivity contribution in [2.75, 3.05) is 7.05 Å². The zero-order chi connectivity index (χ0) is 14.7. The first kappa shape index (κ1) is 15.5. The highest BCUT2D eigenvalue weighted by Gasteiger charge is 2.13. The standard InChI is InChI=1S/C16H16BrClFN/c1-10-7-12(4-6-15(10)18)16(20-2)8-11-3-5-13(19)9-14(11)17/h3-7,9,16,20H,8H2,1-2H3. The molecule has 20 heavy (non-hydrogen) atoms. The van der Waals surface area contributed by atoms with Gasteiger partial charge in [-0.05, 0) is 55.3 Å². The molecule has 2 aromatic carbocycles. The summed E-state index contributed by atoms with van der Waals surface area (Å²) in [6.45, 7) is 1.99. The van der Waals surface area contributed by atoms with Crippen LogP contribution in [0.2, 0.25) is 5.02 Å². The lowest BCUT2D eigenvalue weighted by atomic mass is 9.97. The molecule has 0 saturated carbocycles. The van der Waals surface area contributed by atoms with Crippen molar-refractivity contribution in [2.24, 2.45) is 0 Å². The molecule has 106 valence electrons. The number of nitrogens with one attached hydrogen (secondary N) is 1. The highest BCUT2D eigenvalue weighted by Crippen LogP contribution is 2.26. The molecule has 1 nitrogen and oxygen atoms in total. The van der Waals surface area contributed by atoms with Gasteiger partial charge in [0, 0.05) is 15.5 Å². The summed E-state index contributed by atoms with van der Waals surface area (Å²) in [6, 6.07) is 11.0. The van der Waals surface area contributed by atoms with Crippen molar-refractivity contribution in [3.8, 4) is 0 Å². The van der Waals surface area contributed by atoms with E-state index in [2.05, 4.69) is 27.3 Å². The van der Waals surface area contributed by atoms with Gasteiger partial charge in [-0.2, -0.15) is 0 Å².